The van der Waals surface area contributed by atoms with Crippen molar-refractivity contribution in [3.05, 3.63) is 83.5 Å². The molecule has 0 aliphatic carbocycles. The van der Waals surface area contributed by atoms with Gasteiger partial charge in [0.05, 0.1) is 45.6 Å². The summed E-state index contributed by atoms with van der Waals surface area (Å²) in [6, 6.07) is 13.8. The number of halogens is 2. The van der Waals surface area contributed by atoms with Gasteiger partial charge in [-0.15, -0.1) is 0 Å². The number of aromatic amines is 1. The Morgan fingerprint density at radius 3 is 2.89 bits per heavy atom. The third-order valence-corrected chi connectivity index (χ3v) is 6.01. The molecule has 0 saturated carbocycles. The van der Waals surface area contributed by atoms with Crippen LogP contribution in [0.25, 0.3) is 50.2 Å². The molecule has 0 amide bonds. The number of rotatable bonds is 7. The standard InChI is InChI=1S/C27H23ClFN7/c1-31-9-10-32-14-17(13-30)16-11-24-21(34-15-16)6-7-22(35-24)25-26(19-12-18(28)4-5-20(19)29)36-23-3-2-8-33-27(23)25/h2-8,11-15,31,36H,9-10,30H2,1H3. The molecule has 4 aromatic heterocycles. The molecule has 0 aliphatic rings. The molecule has 180 valence electrons. The Kier molecular flexibility index (Phi) is 6.71. The summed E-state index contributed by atoms with van der Waals surface area (Å²) in [4.78, 5) is 21.7. The average molecular weight is 500 g/mol. The minimum atomic E-state index is -0.396. The lowest BCUT2D eigenvalue weighted by Gasteiger charge is -2.08. The lowest BCUT2D eigenvalue weighted by atomic mass is 10.0. The molecule has 0 aliphatic heterocycles. The highest BCUT2D eigenvalue weighted by atomic mass is 35.5. The Morgan fingerprint density at radius 1 is 1.17 bits per heavy atom. The highest BCUT2D eigenvalue weighted by Crippen LogP contribution is 2.38. The number of nitrogens with one attached hydrogen (secondary N) is 2. The van der Waals surface area contributed by atoms with E-state index < -0.39 is 5.82 Å². The summed E-state index contributed by atoms with van der Waals surface area (Å²) >= 11 is 6.21. The molecule has 5 aromatic rings. The van der Waals surface area contributed by atoms with E-state index in [1.165, 1.54) is 18.3 Å². The Balaban J connectivity index is 1.65. The van der Waals surface area contributed by atoms with E-state index in [9.17, 15) is 4.39 Å². The molecule has 0 atom stereocenters. The molecule has 0 fully saturated rings. The quantitative estimate of drug-likeness (QED) is 0.210. The molecule has 0 unspecified atom stereocenters. The predicted molar refractivity (Wildman–Crippen MR) is 144 cm³/mol. The van der Waals surface area contributed by atoms with Crippen molar-refractivity contribution >= 4 is 45.5 Å². The number of fused-ring (bicyclic) bond motifs is 2. The normalized spacial score (nSPS) is 12.2. The van der Waals surface area contributed by atoms with Crippen molar-refractivity contribution in [2.24, 2.45) is 10.7 Å². The fourth-order valence-corrected chi connectivity index (χ4v) is 4.19. The monoisotopic (exact) mass is 499 g/mol. The van der Waals surface area contributed by atoms with Gasteiger partial charge in [-0.05, 0) is 55.6 Å². The third kappa shape index (κ3) is 4.56. The summed E-state index contributed by atoms with van der Waals surface area (Å²) in [6.45, 7) is 1.40. The van der Waals surface area contributed by atoms with Gasteiger partial charge in [-0.2, -0.15) is 0 Å². The van der Waals surface area contributed by atoms with E-state index in [2.05, 4.69) is 25.3 Å². The van der Waals surface area contributed by atoms with Crippen molar-refractivity contribution < 1.29 is 4.39 Å². The molecule has 0 bridgehead atoms. The first-order chi connectivity index (χ1) is 17.6. The zero-order chi connectivity index (χ0) is 25.1. The summed E-state index contributed by atoms with van der Waals surface area (Å²) in [5.74, 6) is -0.396. The van der Waals surface area contributed by atoms with Gasteiger partial charge in [-0.1, -0.05) is 11.6 Å². The van der Waals surface area contributed by atoms with Crippen LogP contribution in [0.4, 0.5) is 4.39 Å². The fourth-order valence-electron chi connectivity index (χ4n) is 4.02. The maximum absolute atomic E-state index is 14.9. The number of pyridine rings is 3. The smallest absolute Gasteiger partial charge is 0.132 e. The van der Waals surface area contributed by atoms with Gasteiger partial charge in [0.15, 0.2) is 0 Å². The van der Waals surface area contributed by atoms with Crippen LogP contribution in [-0.2, 0) is 0 Å². The van der Waals surface area contributed by atoms with Crippen molar-refractivity contribution in [3.8, 4) is 22.5 Å². The van der Waals surface area contributed by atoms with Gasteiger partial charge < -0.3 is 16.0 Å². The lowest BCUT2D eigenvalue weighted by molar-refractivity contribution is 0.631. The van der Waals surface area contributed by atoms with Crippen LogP contribution in [0, 0.1) is 5.82 Å². The molecule has 0 saturated heterocycles. The molecule has 4 heterocycles. The van der Waals surface area contributed by atoms with Gasteiger partial charge in [0.1, 0.15) is 5.82 Å². The number of aliphatic imine (C=N–C) groups is 1. The zero-order valence-electron chi connectivity index (χ0n) is 19.5. The molecule has 7 nitrogen and oxygen atoms in total. The van der Waals surface area contributed by atoms with Crippen LogP contribution in [0.1, 0.15) is 5.56 Å². The van der Waals surface area contributed by atoms with Gasteiger partial charge >= 0.3 is 0 Å². The Hall–Kier alpha value is -4.14. The van der Waals surface area contributed by atoms with Crippen LogP contribution in [0.15, 0.2) is 72.1 Å². The van der Waals surface area contributed by atoms with E-state index in [4.69, 9.17) is 22.3 Å². The second-order valence-electron chi connectivity index (χ2n) is 8.12. The largest absolute Gasteiger partial charge is 0.404 e. The second-order valence-corrected chi connectivity index (χ2v) is 8.55. The molecule has 1 aromatic carbocycles. The van der Waals surface area contributed by atoms with E-state index in [0.29, 0.717) is 50.6 Å². The molecular formula is C27H23ClFN7. The van der Waals surface area contributed by atoms with Gasteiger partial charge in [0, 0.05) is 53.1 Å². The van der Waals surface area contributed by atoms with Crippen molar-refractivity contribution in [2.45, 2.75) is 0 Å². The highest BCUT2D eigenvalue weighted by molar-refractivity contribution is 6.31. The van der Waals surface area contributed by atoms with Crippen LogP contribution >= 0.6 is 11.6 Å². The van der Waals surface area contributed by atoms with Gasteiger partial charge in [0.25, 0.3) is 0 Å². The summed E-state index contributed by atoms with van der Waals surface area (Å²) in [5.41, 5.74) is 12.4. The average Bonchev–Trinajstić information content (AvgIpc) is 3.29. The molecule has 5 rings (SSSR count). The van der Waals surface area contributed by atoms with Gasteiger partial charge in [-0.3, -0.25) is 15.0 Å². The van der Waals surface area contributed by atoms with Gasteiger partial charge in [-0.25, -0.2) is 9.37 Å². The highest BCUT2D eigenvalue weighted by Gasteiger charge is 2.20. The number of allylic oxidation sites excluding steroid dienone is 1. The number of hydrogen-bond donors (Lipinski definition) is 3. The Bertz CT molecular complexity index is 1620. The zero-order valence-corrected chi connectivity index (χ0v) is 20.2. The fraction of sp³-hybridized carbons (Fsp3) is 0.111. The van der Waals surface area contributed by atoms with Crippen molar-refractivity contribution in [2.75, 3.05) is 20.1 Å². The lowest BCUT2D eigenvalue weighted by Crippen LogP contribution is -2.10. The number of likely N-dealkylation sites (N-methyl/N-ethyl adjacent to an activating group) is 1. The van der Waals surface area contributed by atoms with Crippen molar-refractivity contribution in [1.82, 2.24) is 25.3 Å². The molecule has 9 heteroatoms. The third-order valence-electron chi connectivity index (χ3n) is 5.78. The maximum Gasteiger partial charge on any atom is 0.132 e. The van der Waals surface area contributed by atoms with Crippen molar-refractivity contribution in [1.29, 1.82) is 0 Å². The molecular weight excluding hydrogens is 477 g/mol. The van der Waals surface area contributed by atoms with E-state index >= 15 is 0 Å². The summed E-state index contributed by atoms with van der Waals surface area (Å²) < 4.78 is 14.9. The first-order valence-corrected chi connectivity index (χ1v) is 11.7. The SMILES string of the molecule is CNCCN=CC(=CN)c1cnc2ccc(-c3c(-c4cc(Cl)ccc4F)[nH]c4cccnc34)nc2c1. The first-order valence-electron chi connectivity index (χ1n) is 11.3. The van der Waals surface area contributed by atoms with Crippen LogP contribution < -0.4 is 11.1 Å². The van der Waals surface area contributed by atoms with Crippen LogP contribution in [0.2, 0.25) is 5.02 Å². The molecule has 0 radical (unpaired) electrons. The first kappa shape index (κ1) is 23.6. The summed E-state index contributed by atoms with van der Waals surface area (Å²) in [5, 5.41) is 3.49. The topological polar surface area (TPSA) is 105 Å². The number of aromatic nitrogens is 4. The predicted octanol–water partition coefficient (Wildman–Crippen LogP) is 5.22. The number of hydrogen-bond acceptors (Lipinski definition) is 6. The number of nitrogens with zero attached hydrogens (tertiary/aromatic N) is 4. The van der Waals surface area contributed by atoms with E-state index in [0.717, 1.165) is 23.2 Å². The number of H-pyrrole nitrogens is 1. The van der Waals surface area contributed by atoms with E-state index in [1.54, 1.807) is 24.7 Å². The van der Waals surface area contributed by atoms with Crippen LogP contribution in [0.3, 0.4) is 0 Å². The molecule has 4 N–H and O–H groups in total. The minimum absolute atomic E-state index is 0.343. The van der Waals surface area contributed by atoms with Crippen LogP contribution in [0.5, 0.6) is 0 Å². The molecule has 36 heavy (non-hydrogen) atoms. The second kappa shape index (κ2) is 10.2. The number of benzene rings is 1. The Labute approximate surface area is 212 Å². The minimum Gasteiger partial charge on any atom is -0.404 e. The van der Waals surface area contributed by atoms with Gasteiger partial charge in [0.2, 0.25) is 0 Å². The molecule has 0 spiro atoms. The number of nitrogens with two attached hydrogens (primary N) is 1. The Morgan fingerprint density at radius 2 is 2.06 bits per heavy atom. The maximum atomic E-state index is 14.9. The van der Waals surface area contributed by atoms with E-state index in [-0.39, 0.29) is 0 Å². The van der Waals surface area contributed by atoms with Crippen LogP contribution in [-0.4, -0.2) is 46.3 Å². The summed E-state index contributed by atoms with van der Waals surface area (Å²) in [6.07, 6.45) is 6.67. The van der Waals surface area contributed by atoms with E-state index in [1.807, 2.05) is 37.4 Å². The summed E-state index contributed by atoms with van der Waals surface area (Å²) in [7, 11) is 1.88. The van der Waals surface area contributed by atoms with Crippen molar-refractivity contribution in [3.63, 3.8) is 0 Å².